The standard InChI is InChI=1S/C14H15BrN2O2/c15-10-6-7-11(12(18)8-10)14-16-13(17-19-14)9-4-2-1-3-5-9/h6-9,18H,1-5H2. The number of hydrogen-bond donors (Lipinski definition) is 1. The molecule has 1 aromatic carbocycles. The number of aromatic nitrogens is 2. The van der Waals surface area contributed by atoms with Crippen LogP contribution in [0, 0.1) is 0 Å². The van der Waals surface area contributed by atoms with Crippen LogP contribution in [0.25, 0.3) is 11.5 Å². The van der Waals surface area contributed by atoms with Gasteiger partial charge in [-0.25, -0.2) is 0 Å². The third-order valence-electron chi connectivity index (χ3n) is 3.60. The predicted octanol–water partition coefficient (Wildman–Crippen LogP) is 4.25. The van der Waals surface area contributed by atoms with Crippen molar-refractivity contribution in [3.8, 4) is 17.2 Å². The van der Waals surface area contributed by atoms with Crippen molar-refractivity contribution in [2.24, 2.45) is 0 Å². The van der Waals surface area contributed by atoms with E-state index in [2.05, 4.69) is 26.1 Å². The zero-order valence-electron chi connectivity index (χ0n) is 10.5. The summed E-state index contributed by atoms with van der Waals surface area (Å²) < 4.78 is 6.11. The van der Waals surface area contributed by atoms with Crippen molar-refractivity contribution in [1.29, 1.82) is 0 Å². The molecule has 1 heterocycles. The molecule has 1 aromatic heterocycles. The summed E-state index contributed by atoms with van der Waals surface area (Å²) in [5, 5.41) is 14.0. The van der Waals surface area contributed by atoms with E-state index in [0.29, 0.717) is 17.4 Å². The number of nitrogens with zero attached hydrogens (tertiary/aromatic N) is 2. The van der Waals surface area contributed by atoms with Crippen LogP contribution < -0.4 is 0 Å². The lowest BCUT2D eigenvalue weighted by molar-refractivity contribution is 0.384. The Labute approximate surface area is 120 Å². The third-order valence-corrected chi connectivity index (χ3v) is 4.10. The molecule has 5 heteroatoms. The molecule has 1 aliphatic rings. The average molecular weight is 323 g/mol. The molecule has 0 bridgehead atoms. The largest absolute Gasteiger partial charge is 0.507 e. The molecule has 0 spiro atoms. The lowest BCUT2D eigenvalue weighted by Gasteiger charge is -2.17. The molecule has 1 aliphatic carbocycles. The van der Waals surface area contributed by atoms with Gasteiger partial charge in [-0.15, -0.1) is 0 Å². The fourth-order valence-corrected chi connectivity index (χ4v) is 2.91. The topological polar surface area (TPSA) is 59.2 Å². The molecule has 0 radical (unpaired) electrons. The van der Waals surface area contributed by atoms with Crippen molar-refractivity contribution in [1.82, 2.24) is 10.1 Å². The number of phenols is 1. The van der Waals surface area contributed by atoms with Gasteiger partial charge in [0.1, 0.15) is 5.75 Å². The lowest BCUT2D eigenvalue weighted by atomic mass is 9.89. The molecule has 0 atom stereocenters. The Morgan fingerprint density at radius 3 is 2.74 bits per heavy atom. The number of benzene rings is 1. The van der Waals surface area contributed by atoms with Crippen LogP contribution in [0.5, 0.6) is 5.75 Å². The molecule has 0 aliphatic heterocycles. The van der Waals surface area contributed by atoms with Gasteiger partial charge in [0.15, 0.2) is 5.82 Å². The van der Waals surface area contributed by atoms with Gasteiger partial charge in [-0.3, -0.25) is 0 Å². The van der Waals surface area contributed by atoms with Gasteiger partial charge in [0.05, 0.1) is 5.56 Å². The number of hydrogen-bond acceptors (Lipinski definition) is 4. The minimum Gasteiger partial charge on any atom is -0.507 e. The van der Waals surface area contributed by atoms with Crippen LogP contribution in [-0.2, 0) is 0 Å². The maximum Gasteiger partial charge on any atom is 0.261 e. The van der Waals surface area contributed by atoms with Crippen molar-refractivity contribution in [3.63, 3.8) is 0 Å². The first kappa shape index (κ1) is 12.7. The average Bonchev–Trinajstić information content (AvgIpc) is 2.89. The SMILES string of the molecule is Oc1cc(Br)ccc1-c1nc(C2CCCCC2)no1. The zero-order chi connectivity index (χ0) is 13.2. The Bertz CT molecular complexity index is 577. The Balaban J connectivity index is 1.87. The molecule has 0 amide bonds. The van der Waals surface area contributed by atoms with Crippen molar-refractivity contribution < 1.29 is 9.63 Å². The molecule has 3 rings (SSSR count). The normalized spacial score (nSPS) is 16.7. The van der Waals surface area contributed by atoms with Gasteiger partial charge in [0.2, 0.25) is 0 Å². The molecule has 19 heavy (non-hydrogen) atoms. The highest BCUT2D eigenvalue weighted by Crippen LogP contribution is 2.34. The Morgan fingerprint density at radius 2 is 2.00 bits per heavy atom. The molecule has 1 fully saturated rings. The van der Waals surface area contributed by atoms with Crippen molar-refractivity contribution in [2.75, 3.05) is 0 Å². The minimum atomic E-state index is 0.146. The monoisotopic (exact) mass is 322 g/mol. The van der Waals surface area contributed by atoms with E-state index in [1.807, 2.05) is 6.07 Å². The predicted molar refractivity (Wildman–Crippen MR) is 74.9 cm³/mol. The number of phenolic OH excluding ortho intramolecular Hbond substituents is 1. The first-order valence-electron chi connectivity index (χ1n) is 6.56. The van der Waals surface area contributed by atoms with Crippen LogP contribution in [0.2, 0.25) is 0 Å². The van der Waals surface area contributed by atoms with Crippen molar-refractivity contribution in [3.05, 3.63) is 28.5 Å². The Morgan fingerprint density at radius 1 is 1.21 bits per heavy atom. The van der Waals surface area contributed by atoms with Gasteiger partial charge in [-0.05, 0) is 31.0 Å². The third kappa shape index (κ3) is 2.66. The molecule has 4 nitrogen and oxygen atoms in total. The summed E-state index contributed by atoms with van der Waals surface area (Å²) in [4.78, 5) is 4.44. The van der Waals surface area contributed by atoms with Crippen LogP contribution in [-0.4, -0.2) is 15.2 Å². The van der Waals surface area contributed by atoms with Crippen molar-refractivity contribution >= 4 is 15.9 Å². The van der Waals surface area contributed by atoms with Gasteiger partial charge in [-0.1, -0.05) is 40.3 Å². The first-order chi connectivity index (χ1) is 9.24. The van der Waals surface area contributed by atoms with Crippen LogP contribution >= 0.6 is 15.9 Å². The second-order valence-corrected chi connectivity index (χ2v) is 5.87. The molecule has 0 unspecified atom stereocenters. The van der Waals surface area contributed by atoms with E-state index in [9.17, 15) is 5.11 Å². The fraction of sp³-hybridized carbons (Fsp3) is 0.429. The van der Waals surface area contributed by atoms with Gasteiger partial charge in [0.25, 0.3) is 5.89 Å². The van der Waals surface area contributed by atoms with Crippen LogP contribution in [0.4, 0.5) is 0 Å². The Hall–Kier alpha value is -1.36. The van der Waals surface area contributed by atoms with E-state index in [0.717, 1.165) is 23.1 Å². The second kappa shape index (κ2) is 5.33. The fourth-order valence-electron chi connectivity index (χ4n) is 2.56. The molecule has 1 saturated carbocycles. The summed E-state index contributed by atoms with van der Waals surface area (Å²) in [5.41, 5.74) is 0.581. The molecular weight excluding hydrogens is 308 g/mol. The number of rotatable bonds is 2. The van der Waals surface area contributed by atoms with Gasteiger partial charge < -0.3 is 9.63 Å². The van der Waals surface area contributed by atoms with E-state index < -0.39 is 0 Å². The summed E-state index contributed by atoms with van der Waals surface area (Å²) >= 11 is 3.31. The van der Waals surface area contributed by atoms with Crippen molar-refractivity contribution in [2.45, 2.75) is 38.0 Å². The minimum absolute atomic E-state index is 0.146. The van der Waals surface area contributed by atoms with E-state index in [-0.39, 0.29) is 5.75 Å². The summed E-state index contributed by atoms with van der Waals surface area (Å²) in [6.45, 7) is 0. The summed E-state index contributed by atoms with van der Waals surface area (Å²) in [6.07, 6.45) is 6.03. The highest BCUT2D eigenvalue weighted by atomic mass is 79.9. The quantitative estimate of drug-likeness (QED) is 0.897. The highest BCUT2D eigenvalue weighted by Gasteiger charge is 2.22. The number of aromatic hydroxyl groups is 1. The Kier molecular flexibility index (Phi) is 3.55. The van der Waals surface area contributed by atoms with Crippen LogP contribution in [0.3, 0.4) is 0 Å². The zero-order valence-corrected chi connectivity index (χ0v) is 12.1. The van der Waals surface area contributed by atoms with Crippen LogP contribution in [0.1, 0.15) is 43.8 Å². The summed E-state index contributed by atoms with van der Waals surface area (Å²) in [5.74, 6) is 1.72. The van der Waals surface area contributed by atoms with E-state index in [4.69, 9.17) is 4.52 Å². The van der Waals surface area contributed by atoms with E-state index in [1.165, 1.54) is 19.3 Å². The first-order valence-corrected chi connectivity index (χ1v) is 7.36. The maximum absolute atomic E-state index is 9.91. The summed E-state index contributed by atoms with van der Waals surface area (Å²) in [7, 11) is 0. The molecule has 0 saturated heterocycles. The molecule has 2 aromatic rings. The highest BCUT2D eigenvalue weighted by molar-refractivity contribution is 9.10. The summed E-state index contributed by atoms with van der Waals surface area (Å²) in [6, 6.07) is 5.25. The van der Waals surface area contributed by atoms with E-state index >= 15 is 0 Å². The molecule has 1 N–H and O–H groups in total. The maximum atomic E-state index is 9.91. The van der Waals surface area contributed by atoms with Gasteiger partial charge >= 0.3 is 0 Å². The smallest absolute Gasteiger partial charge is 0.261 e. The van der Waals surface area contributed by atoms with Gasteiger partial charge in [0, 0.05) is 10.4 Å². The van der Waals surface area contributed by atoms with Gasteiger partial charge in [-0.2, -0.15) is 4.98 Å². The number of halogens is 1. The second-order valence-electron chi connectivity index (χ2n) is 4.95. The molecule has 100 valence electrons. The van der Waals surface area contributed by atoms with Crippen LogP contribution in [0.15, 0.2) is 27.2 Å². The lowest BCUT2D eigenvalue weighted by Crippen LogP contribution is -2.06. The van der Waals surface area contributed by atoms with E-state index in [1.54, 1.807) is 12.1 Å². The molecular formula is C14H15BrN2O2.